The number of ether oxygens (including phenoxy) is 1. The van der Waals surface area contributed by atoms with Crippen molar-refractivity contribution in [3.05, 3.63) is 67.0 Å². The molecule has 0 bridgehead atoms. The van der Waals surface area contributed by atoms with Crippen LogP contribution in [0.1, 0.15) is 12.7 Å². The van der Waals surface area contributed by atoms with E-state index < -0.39 is 0 Å². The third kappa shape index (κ3) is 5.26. The Labute approximate surface area is 210 Å². The zero-order valence-electron chi connectivity index (χ0n) is 20.5. The fourth-order valence-corrected chi connectivity index (χ4v) is 4.43. The van der Waals surface area contributed by atoms with Crippen molar-refractivity contribution in [3.8, 4) is 17.0 Å². The largest absolute Gasteiger partial charge is 0.497 e. The average Bonchev–Trinajstić information content (AvgIpc) is 2.93. The highest BCUT2D eigenvalue weighted by atomic mass is 16.5. The van der Waals surface area contributed by atoms with Gasteiger partial charge < -0.3 is 15.0 Å². The van der Waals surface area contributed by atoms with Crippen molar-refractivity contribution in [1.82, 2.24) is 24.8 Å². The normalized spacial score (nSPS) is 14.1. The maximum Gasteiger partial charge on any atom is 0.238 e. The molecule has 1 N–H and O–H groups in total. The number of benzene rings is 2. The van der Waals surface area contributed by atoms with E-state index in [1.807, 2.05) is 37.3 Å². The molecular formula is C27H29N7O2. The van der Waals surface area contributed by atoms with Crippen molar-refractivity contribution in [2.45, 2.75) is 13.3 Å². The summed E-state index contributed by atoms with van der Waals surface area (Å²) in [7, 11) is 1.64. The lowest BCUT2D eigenvalue weighted by atomic mass is 10.0. The number of methoxy groups -OCH3 is 1. The second-order valence-corrected chi connectivity index (χ2v) is 8.70. The minimum Gasteiger partial charge on any atom is -0.497 e. The Morgan fingerprint density at radius 2 is 1.89 bits per heavy atom. The number of nitrogens with one attached hydrogen (secondary N) is 1. The Morgan fingerprint density at radius 1 is 1.03 bits per heavy atom. The van der Waals surface area contributed by atoms with Crippen LogP contribution in [-0.4, -0.2) is 70.6 Å². The smallest absolute Gasteiger partial charge is 0.238 e. The zero-order chi connectivity index (χ0) is 24.9. The van der Waals surface area contributed by atoms with Gasteiger partial charge in [-0.2, -0.15) is 0 Å². The molecule has 1 aliphatic heterocycles. The van der Waals surface area contributed by atoms with Crippen molar-refractivity contribution in [3.63, 3.8) is 0 Å². The quantitative estimate of drug-likeness (QED) is 0.427. The molecule has 5 rings (SSSR count). The minimum atomic E-state index is -0.0545. The SMILES string of the molecule is CCc1nccc(-c2cc(NC(=O)CN3CCN(c4cnccn4)CC3)c3cc(OC)ccc3c2)n1. The predicted molar refractivity (Wildman–Crippen MR) is 140 cm³/mol. The van der Waals surface area contributed by atoms with Gasteiger partial charge in [-0.05, 0) is 35.7 Å². The number of hydrogen-bond donors (Lipinski definition) is 1. The highest BCUT2D eigenvalue weighted by Crippen LogP contribution is 2.33. The molecule has 36 heavy (non-hydrogen) atoms. The molecule has 1 fully saturated rings. The van der Waals surface area contributed by atoms with Crippen LogP contribution in [0, 0.1) is 0 Å². The van der Waals surface area contributed by atoms with Crippen LogP contribution in [0.3, 0.4) is 0 Å². The number of rotatable bonds is 7. The molecule has 4 aromatic rings. The monoisotopic (exact) mass is 483 g/mol. The van der Waals surface area contributed by atoms with Gasteiger partial charge in [0.15, 0.2) is 0 Å². The number of hydrogen-bond acceptors (Lipinski definition) is 8. The van der Waals surface area contributed by atoms with Crippen molar-refractivity contribution in [1.29, 1.82) is 0 Å². The van der Waals surface area contributed by atoms with Crippen molar-refractivity contribution < 1.29 is 9.53 Å². The molecule has 184 valence electrons. The first kappa shape index (κ1) is 23.6. The summed E-state index contributed by atoms with van der Waals surface area (Å²) in [6, 6.07) is 11.8. The molecule has 9 nitrogen and oxygen atoms in total. The van der Waals surface area contributed by atoms with Gasteiger partial charge in [0.2, 0.25) is 5.91 Å². The van der Waals surface area contributed by atoms with Crippen LogP contribution in [0.15, 0.2) is 61.2 Å². The van der Waals surface area contributed by atoms with Gasteiger partial charge in [0.25, 0.3) is 0 Å². The van der Waals surface area contributed by atoms with Gasteiger partial charge in [-0.3, -0.25) is 14.7 Å². The Hall–Kier alpha value is -4.11. The van der Waals surface area contributed by atoms with Crippen LogP contribution >= 0.6 is 0 Å². The fourth-order valence-electron chi connectivity index (χ4n) is 4.43. The van der Waals surface area contributed by atoms with Crippen LogP contribution in [0.25, 0.3) is 22.0 Å². The van der Waals surface area contributed by atoms with Crippen LogP contribution in [0.4, 0.5) is 11.5 Å². The summed E-state index contributed by atoms with van der Waals surface area (Å²) in [6.07, 6.45) is 7.68. The molecule has 0 spiro atoms. The van der Waals surface area contributed by atoms with E-state index in [2.05, 4.69) is 41.1 Å². The average molecular weight is 484 g/mol. The highest BCUT2D eigenvalue weighted by Gasteiger charge is 2.20. The van der Waals surface area contributed by atoms with E-state index in [1.165, 1.54) is 0 Å². The Bertz CT molecular complexity index is 1360. The first-order chi connectivity index (χ1) is 17.6. The first-order valence-corrected chi connectivity index (χ1v) is 12.1. The molecule has 2 aromatic heterocycles. The molecule has 0 aliphatic carbocycles. The lowest BCUT2D eigenvalue weighted by Crippen LogP contribution is -2.49. The second-order valence-electron chi connectivity index (χ2n) is 8.70. The van der Waals surface area contributed by atoms with Gasteiger partial charge in [-0.25, -0.2) is 15.0 Å². The number of nitrogens with zero attached hydrogens (tertiary/aromatic N) is 6. The third-order valence-electron chi connectivity index (χ3n) is 6.37. The molecule has 0 radical (unpaired) electrons. The Balaban J connectivity index is 1.35. The molecule has 2 aromatic carbocycles. The molecule has 3 heterocycles. The standard InChI is InChI=1S/C27H29N7O2/c1-3-25-29-7-6-23(31-25)20-14-19-4-5-21(36-2)16-22(19)24(15-20)32-27(35)18-33-10-12-34(13-11-33)26-17-28-8-9-30-26/h4-9,14-17H,3,10-13,18H2,1-2H3,(H,32,35). The molecule has 0 saturated carbocycles. The summed E-state index contributed by atoms with van der Waals surface area (Å²) in [5.41, 5.74) is 2.49. The molecule has 9 heteroatoms. The number of fused-ring (bicyclic) bond motifs is 1. The van der Waals surface area contributed by atoms with E-state index in [1.54, 1.807) is 31.9 Å². The Kier molecular flexibility index (Phi) is 6.99. The lowest BCUT2D eigenvalue weighted by molar-refractivity contribution is -0.117. The van der Waals surface area contributed by atoms with Gasteiger partial charge in [0.1, 0.15) is 17.4 Å². The number of aryl methyl sites for hydroxylation is 1. The van der Waals surface area contributed by atoms with E-state index in [9.17, 15) is 4.79 Å². The summed E-state index contributed by atoms with van der Waals surface area (Å²) in [4.78, 5) is 35.0. The van der Waals surface area contributed by atoms with Gasteiger partial charge in [-0.1, -0.05) is 13.0 Å². The molecular weight excluding hydrogens is 454 g/mol. The van der Waals surface area contributed by atoms with Crippen molar-refractivity contribution in [2.75, 3.05) is 50.1 Å². The number of anilines is 2. The topological polar surface area (TPSA) is 96.4 Å². The fraction of sp³-hybridized carbons (Fsp3) is 0.296. The lowest BCUT2D eigenvalue weighted by Gasteiger charge is -2.34. The maximum atomic E-state index is 13.1. The summed E-state index contributed by atoms with van der Waals surface area (Å²) in [5, 5.41) is 5.07. The van der Waals surface area contributed by atoms with E-state index in [4.69, 9.17) is 4.74 Å². The highest BCUT2D eigenvalue weighted by molar-refractivity contribution is 6.05. The molecule has 0 unspecified atom stereocenters. The molecule has 0 atom stereocenters. The van der Waals surface area contributed by atoms with Gasteiger partial charge in [-0.15, -0.1) is 0 Å². The van der Waals surface area contributed by atoms with Crippen LogP contribution in [0.2, 0.25) is 0 Å². The van der Waals surface area contributed by atoms with E-state index in [0.29, 0.717) is 6.54 Å². The number of carbonyl (C=O) groups is 1. The second kappa shape index (κ2) is 10.7. The molecule has 1 amide bonds. The summed E-state index contributed by atoms with van der Waals surface area (Å²) in [5.74, 6) is 2.34. The van der Waals surface area contributed by atoms with Crippen LogP contribution < -0.4 is 15.0 Å². The van der Waals surface area contributed by atoms with E-state index >= 15 is 0 Å². The minimum absolute atomic E-state index is 0.0545. The molecule has 1 aliphatic rings. The Morgan fingerprint density at radius 3 is 2.64 bits per heavy atom. The summed E-state index contributed by atoms with van der Waals surface area (Å²) >= 11 is 0. The van der Waals surface area contributed by atoms with Crippen molar-refractivity contribution >= 4 is 28.2 Å². The molecule has 1 saturated heterocycles. The van der Waals surface area contributed by atoms with Gasteiger partial charge in [0.05, 0.1) is 25.5 Å². The first-order valence-electron chi connectivity index (χ1n) is 12.1. The maximum absolute atomic E-state index is 13.1. The summed E-state index contributed by atoms with van der Waals surface area (Å²) < 4.78 is 5.44. The number of piperazine rings is 1. The third-order valence-corrected chi connectivity index (χ3v) is 6.37. The summed E-state index contributed by atoms with van der Waals surface area (Å²) in [6.45, 7) is 5.50. The van der Waals surface area contributed by atoms with Gasteiger partial charge in [0, 0.05) is 67.8 Å². The van der Waals surface area contributed by atoms with E-state index in [-0.39, 0.29) is 5.91 Å². The van der Waals surface area contributed by atoms with Crippen LogP contribution in [-0.2, 0) is 11.2 Å². The van der Waals surface area contributed by atoms with Crippen molar-refractivity contribution in [2.24, 2.45) is 0 Å². The van der Waals surface area contributed by atoms with Gasteiger partial charge >= 0.3 is 0 Å². The predicted octanol–water partition coefficient (Wildman–Crippen LogP) is 3.42. The van der Waals surface area contributed by atoms with E-state index in [0.717, 1.165) is 77.7 Å². The van der Waals surface area contributed by atoms with Crippen LogP contribution in [0.5, 0.6) is 5.75 Å². The number of carbonyl (C=O) groups excluding carboxylic acids is 1. The zero-order valence-corrected chi connectivity index (χ0v) is 20.5. The number of aromatic nitrogens is 4. The number of amides is 1.